The van der Waals surface area contributed by atoms with Gasteiger partial charge in [0.2, 0.25) is 0 Å². The summed E-state index contributed by atoms with van der Waals surface area (Å²) in [6.07, 6.45) is 3.76. The summed E-state index contributed by atoms with van der Waals surface area (Å²) < 4.78 is 1.59. The number of benzene rings is 4. The van der Waals surface area contributed by atoms with Crippen molar-refractivity contribution in [1.29, 1.82) is 0 Å². The fourth-order valence-corrected chi connectivity index (χ4v) is 5.53. The minimum absolute atomic E-state index is 0.0540. The third kappa shape index (κ3) is 5.67. The first kappa shape index (κ1) is 28.0. The van der Waals surface area contributed by atoms with E-state index in [-0.39, 0.29) is 5.95 Å². The molecule has 5 aromatic rings. The van der Waals surface area contributed by atoms with E-state index in [2.05, 4.69) is 0 Å². The van der Waals surface area contributed by atoms with Crippen LogP contribution in [0.25, 0.3) is 17.1 Å². The molecule has 0 aliphatic heterocycles. The van der Waals surface area contributed by atoms with Crippen molar-refractivity contribution in [2.45, 2.75) is 9.79 Å². The fourth-order valence-electron chi connectivity index (χ4n) is 4.10. The SMILES string of the molecule is CSc1ccccc1C(=O)N(C(=O)c1ccccc1SC)c1nc(-c2ccc(Cl)cc2)n(-c2ccc(Cl)cc2)n1. The molecular weight excluding hydrogens is 583 g/mol. The fraction of sp³-hybridized carbons (Fsp3) is 0.0667. The van der Waals surface area contributed by atoms with Gasteiger partial charge in [-0.05, 0) is 85.3 Å². The molecule has 0 fully saturated rings. The largest absolute Gasteiger partial charge is 0.268 e. The van der Waals surface area contributed by atoms with Gasteiger partial charge < -0.3 is 0 Å². The lowest BCUT2D eigenvalue weighted by Gasteiger charge is -2.20. The predicted molar refractivity (Wildman–Crippen MR) is 164 cm³/mol. The Kier molecular flexibility index (Phi) is 8.61. The highest BCUT2D eigenvalue weighted by Crippen LogP contribution is 2.30. The molecular formula is C30H22Cl2N4O2S2. The third-order valence-electron chi connectivity index (χ3n) is 6.05. The summed E-state index contributed by atoms with van der Waals surface area (Å²) in [6.45, 7) is 0. The van der Waals surface area contributed by atoms with Crippen LogP contribution in [0.4, 0.5) is 5.95 Å². The second-order valence-electron chi connectivity index (χ2n) is 8.48. The topological polar surface area (TPSA) is 68.1 Å². The number of carbonyl (C=O) groups is 2. The first-order valence-corrected chi connectivity index (χ1v) is 15.3. The van der Waals surface area contributed by atoms with E-state index in [1.54, 1.807) is 65.3 Å². The van der Waals surface area contributed by atoms with Gasteiger partial charge in [0.25, 0.3) is 17.8 Å². The van der Waals surface area contributed by atoms with Crippen molar-refractivity contribution in [3.05, 3.63) is 118 Å². The monoisotopic (exact) mass is 604 g/mol. The zero-order valence-electron chi connectivity index (χ0n) is 21.4. The number of nitrogens with zero attached hydrogens (tertiary/aromatic N) is 4. The summed E-state index contributed by atoms with van der Waals surface area (Å²) in [6, 6.07) is 28.5. The second kappa shape index (κ2) is 12.3. The maximum atomic E-state index is 14.2. The number of halogens is 2. The Labute approximate surface area is 250 Å². The van der Waals surface area contributed by atoms with Crippen LogP contribution in [0, 0.1) is 0 Å². The molecule has 40 heavy (non-hydrogen) atoms. The van der Waals surface area contributed by atoms with Gasteiger partial charge in [-0.3, -0.25) is 9.59 Å². The molecule has 1 aromatic heterocycles. The number of amides is 2. The molecule has 0 bridgehead atoms. The van der Waals surface area contributed by atoms with Crippen LogP contribution < -0.4 is 4.90 Å². The Bertz CT molecular complexity index is 1570. The molecule has 0 saturated heterocycles. The molecule has 0 atom stereocenters. The molecule has 0 spiro atoms. The van der Waals surface area contributed by atoms with E-state index in [1.165, 1.54) is 23.5 Å². The Morgan fingerprint density at radius 2 is 1.18 bits per heavy atom. The molecule has 200 valence electrons. The van der Waals surface area contributed by atoms with Crippen molar-refractivity contribution < 1.29 is 9.59 Å². The van der Waals surface area contributed by atoms with Crippen LogP contribution in [0.2, 0.25) is 10.0 Å². The molecule has 4 aromatic carbocycles. The quantitative estimate of drug-likeness (QED) is 0.138. The molecule has 0 N–H and O–H groups in total. The number of hydrogen-bond donors (Lipinski definition) is 0. The van der Waals surface area contributed by atoms with Crippen molar-refractivity contribution >= 4 is 64.5 Å². The zero-order valence-corrected chi connectivity index (χ0v) is 24.6. The van der Waals surface area contributed by atoms with E-state index in [0.717, 1.165) is 14.7 Å². The number of carbonyl (C=O) groups excluding carboxylic acids is 2. The van der Waals surface area contributed by atoms with E-state index in [1.807, 2.05) is 48.9 Å². The van der Waals surface area contributed by atoms with Gasteiger partial charge in [0, 0.05) is 25.4 Å². The molecule has 0 aliphatic rings. The molecule has 1 heterocycles. The Morgan fingerprint density at radius 1 is 0.700 bits per heavy atom. The molecule has 0 saturated carbocycles. The molecule has 6 nitrogen and oxygen atoms in total. The van der Waals surface area contributed by atoms with Crippen molar-refractivity contribution in [2.24, 2.45) is 0 Å². The Balaban J connectivity index is 1.73. The molecule has 0 aliphatic carbocycles. The van der Waals surface area contributed by atoms with Gasteiger partial charge in [-0.25, -0.2) is 9.58 Å². The highest BCUT2D eigenvalue weighted by atomic mass is 35.5. The number of thioether (sulfide) groups is 2. The maximum Gasteiger partial charge on any atom is 0.268 e. The smallest absolute Gasteiger partial charge is 0.268 e. The third-order valence-corrected chi connectivity index (χ3v) is 8.15. The predicted octanol–water partition coefficient (Wildman–Crippen LogP) is 8.17. The summed E-state index contributed by atoms with van der Waals surface area (Å²) in [7, 11) is 0. The van der Waals surface area contributed by atoms with Crippen LogP contribution in [-0.2, 0) is 0 Å². The average Bonchev–Trinajstić information content (AvgIpc) is 3.42. The number of hydrogen-bond acceptors (Lipinski definition) is 6. The molecule has 0 radical (unpaired) electrons. The van der Waals surface area contributed by atoms with Gasteiger partial charge in [0.05, 0.1) is 16.8 Å². The van der Waals surface area contributed by atoms with Crippen molar-refractivity contribution in [3.8, 4) is 17.1 Å². The van der Waals surface area contributed by atoms with Crippen LogP contribution in [0.1, 0.15) is 20.7 Å². The van der Waals surface area contributed by atoms with Crippen molar-refractivity contribution in [3.63, 3.8) is 0 Å². The molecule has 0 unspecified atom stereocenters. The number of anilines is 1. The standard InChI is InChI=1S/C30H22Cl2N4O2S2/c1-39-25-9-5-3-7-23(25)28(37)35(29(38)24-8-4-6-10-26(24)40-2)30-33-27(19-11-13-20(31)14-12-19)36(34-30)22-17-15-21(32)16-18-22/h3-18H,1-2H3. The summed E-state index contributed by atoms with van der Waals surface area (Å²) in [5, 5.41) is 5.84. The van der Waals surface area contributed by atoms with Gasteiger partial charge in [0.15, 0.2) is 5.82 Å². The van der Waals surface area contributed by atoms with Gasteiger partial charge >= 0.3 is 0 Å². The number of imide groups is 1. The highest BCUT2D eigenvalue weighted by Gasteiger charge is 2.33. The summed E-state index contributed by atoms with van der Waals surface area (Å²) in [5.74, 6) is -0.679. The van der Waals surface area contributed by atoms with Gasteiger partial charge in [-0.2, -0.15) is 4.98 Å². The summed E-state index contributed by atoms with van der Waals surface area (Å²) in [4.78, 5) is 35.6. The highest BCUT2D eigenvalue weighted by molar-refractivity contribution is 7.99. The minimum Gasteiger partial charge on any atom is -0.268 e. The van der Waals surface area contributed by atoms with Crippen LogP contribution >= 0.6 is 46.7 Å². The minimum atomic E-state index is -0.526. The van der Waals surface area contributed by atoms with E-state index < -0.39 is 11.8 Å². The van der Waals surface area contributed by atoms with Crippen LogP contribution in [0.5, 0.6) is 0 Å². The van der Waals surface area contributed by atoms with Gasteiger partial charge in [0.1, 0.15) is 0 Å². The molecule has 2 amide bonds. The van der Waals surface area contributed by atoms with Crippen LogP contribution in [0.15, 0.2) is 107 Å². The van der Waals surface area contributed by atoms with E-state index in [0.29, 0.717) is 38.2 Å². The maximum absolute atomic E-state index is 14.2. The van der Waals surface area contributed by atoms with E-state index in [4.69, 9.17) is 33.3 Å². The van der Waals surface area contributed by atoms with Crippen molar-refractivity contribution in [2.75, 3.05) is 17.4 Å². The van der Waals surface area contributed by atoms with Crippen LogP contribution in [0.3, 0.4) is 0 Å². The van der Waals surface area contributed by atoms with Gasteiger partial charge in [-0.1, -0.05) is 47.5 Å². The zero-order chi connectivity index (χ0) is 28.2. The first-order chi connectivity index (χ1) is 19.4. The van der Waals surface area contributed by atoms with Crippen molar-refractivity contribution in [1.82, 2.24) is 14.8 Å². The summed E-state index contributed by atoms with van der Waals surface area (Å²) >= 11 is 15.1. The Morgan fingerprint density at radius 3 is 1.68 bits per heavy atom. The molecule has 5 rings (SSSR count). The van der Waals surface area contributed by atoms with E-state index in [9.17, 15) is 9.59 Å². The normalized spacial score (nSPS) is 10.9. The Hall–Kier alpha value is -3.56. The van der Waals surface area contributed by atoms with Gasteiger partial charge in [-0.15, -0.1) is 28.6 Å². The second-order valence-corrected chi connectivity index (χ2v) is 11.0. The lowest BCUT2D eigenvalue weighted by atomic mass is 10.1. The number of aromatic nitrogens is 3. The summed E-state index contributed by atoms with van der Waals surface area (Å²) in [5.41, 5.74) is 2.11. The lowest BCUT2D eigenvalue weighted by molar-refractivity contribution is 0.0892. The lowest BCUT2D eigenvalue weighted by Crippen LogP contribution is -2.38. The number of rotatable bonds is 7. The first-order valence-electron chi connectivity index (χ1n) is 12.0. The molecule has 10 heteroatoms. The average molecular weight is 606 g/mol. The van der Waals surface area contributed by atoms with Crippen LogP contribution in [-0.4, -0.2) is 39.1 Å². The van der Waals surface area contributed by atoms with E-state index >= 15 is 0 Å².